The van der Waals surface area contributed by atoms with Gasteiger partial charge in [-0.3, -0.25) is 4.79 Å². The van der Waals surface area contributed by atoms with E-state index in [9.17, 15) is 14.3 Å². The lowest BCUT2D eigenvalue weighted by atomic mass is 9.87. The highest BCUT2D eigenvalue weighted by Crippen LogP contribution is 2.30. The molecule has 1 amide bonds. The highest BCUT2D eigenvalue weighted by atomic mass is 19.1. The Morgan fingerprint density at radius 2 is 1.71 bits per heavy atom. The predicted octanol–water partition coefficient (Wildman–Crippen LogP) is 3.34. The van der Waals surface area contributed by atoms with E-state index in [1.54, 1.807) is 23.1 Å². The Morgan fingerprint density at radius 1 is 1.08 bits per heavy atom. The van der Waals surface area contributed by atoms with Gasteiger partial charge in [0.2, 0.25) is 5.91 Å². The average molecular weight is 327 g/mol. The van der Waals surface area contributed by atoms with E-state index in [4.69, 9.17) is 0 Å². The molecule has 3 rings (SSSR count). The van der Waals surface area contributed by atoms with Gasteiger partial charge in [0.1, 0.15) is 5.82 Å². The van der Waals surface area contributed by atoms with Crippen LogP contribution in [0.1, 0.15) is 30.1 Å². The third kappa shape index (κ3) is 3.82. The first-order valence-corrected chi connectivity index (χ1v) is 8.39. The van der Waals surface area contributed by atoms with Crippen LogP contribution < -0.4 is 0 Å². The Labute approximate surface area is 141 Å². The van der Waals surface area contributed by atoms with Gasteiger partial charge in [0.25, 0.3) is 0 Å². The molecule has 0 spiro atoms. The van der Waals surface area contributed by atoms with Crippen molar-refractivity contribution in [2.24, 2.45) is 5.92 Å². The van der Waals surface area contributed by atoms with Gasteiger partial charge in [-0.1, -0.05) is 48.5 Å². The van der Waals surface area contributed by atoms with Gasteiger partial charge in [0.05, 0.1) is 12.5 Å². The van der Waals surface area contributed by atoms with Gasteiger partial charge < -0.3 is 10.0 Å². The van der Waals surface area contributed by atoms with E-state index in [1.807, 2.05) is 30.3 Å². The molecule has 1 saturated heterocycles. The molecule has 1 heterocycles. The molecule has 2 aromatic rings. The van der Waals surface area contributed by atoms with Gasteiger partial charge in [-0.2, -0.15) is 0 Å². The number of benzene rings is 2. The largest absolute Gasteiger partial charge is 0.388 e. The topological polar surface area (TPSA) is 40.5 Å². The summed E-state index contributed by atoms with van der Waals surface area (Å²) in [6, 6.07) is 16.0. The van der Waals surface area contributed by atoms with Crippen molar-refractivity contribution < 1.29 is 14.3 Å². The molecule has 0 aromatic heterocycles. The highest BCUT2D eigenvalue weighted by molar-refractivity contribution is 5.78. The van der Waals surface area contributed by atoms with Crippen molar-refractivity contribution in [3.63, 3.8) is 0 Å². The summed E-state index contributed by atoms with van der Waals surface area (Å²) < 4.78 is 13.7. The maximum atomic E-state index is 13.7. The van der Waals surface area contributed by atoms with Crippen LogP contribution in [0.4, 0.5) is 4.39 Å². The molecule has 1 aliphatic heterocycles. The molecule has 1 atom stereocenters. The molecule has 0 saturated carbocycles. The average Bonchev–Trinajstić information content (AvgIpc) is 2.64. The second kappa shape index (κ2) is 7.58. The molecule has 3 nitrogen and oxygen atoms in total. The van der Waals surface area contributed by atoms with Gasteiger partial charge in [-0.25, -0.2) is 4.39 Å². The molecule has 0 aliphatic carbocycles. The standard InChI is InChI=1S/C20H22FNO2/c21-18-9-5-4-8-17(18)14-19(23)22-12-10-16(11-13-22)20(24)15-6-2-1-3-7-15/h1-9,16,20,24H,10-14H2. The zero-order valence-corrected chi connectivity index (χ0v) is 13.6. The maximum Gasteiger partial charge on any atom is 0.227 e. The molecule has 1 N–H and O–H groups in total. The number of carbonyl (C=O) groups is 1. The van der Waals surface area contributed by atoms with Crippen LogP contribution in [0.3, 0.4) is 0 Å². The zero-order valence-electron chi connectivity index (χ0n) is 13.6. The summed E-state index contributed by atoms with van der Waals surface area (Å²) >= 11 is 0. The molecule has 0 bridgehead atoms. The SMILES string of the molecule is O=C(Cc1ccccc1F)N1CCC(C(O)c2ccccc2)CC1. The van der Waals surface area contributed by atoms with Crippen LogP contribution in [-0.4, -0.2) is 29.0 Å². The van der Waals surface area contributed by atoms with Crippen LogP contribution in [-0.2, 0) is 11.2 Å². The third-order valence-electron chi connectivity index (χ3n) is 4.78. The number of halogens is 1. The first-order chi connectivity index (χ1) is 11.6. The fraction of sp³-hybridized carbons (Fsp3) is 0.350. The van der Waals surface area contributed by atoms with Crippen LogP contribution in [0.15, 0.2) is 54.6 Å². The number of aliphatic hydroxyl groups excluding tert-OH is 1. The Balaban J connectivity index is 1.55. The van der Waals surface area contributed by atoms with Crippen molar-refractivity contribution in [1.82, 2.24) is 4.90 Å². The Bertz CT molecular complexity index is 681. The summed E-state index contributed by atoms with van der Waals surface area (Å²) in [6.45, 7) is 1.23. The normalized spacial score (nSPS) is 16.8. The Morgan fingerprint density at radius 3 is 2.38 bits per heavy atom. The van der Waals surface area contributed by atoms with Crippen LogP contribution >= 0.6 is 0 Å². The molecule has 24 heavy (non-hydrogen) atoms. The fourth-order valence-corrected chi connectivity index (χ4v) is 3.30. The van der Waals surface area contributed by atoms with Crippen LogP contribution in [0.2, 0.25) is 0 Å². The van der Waals surface area contributed by atoms with Crippen LogP contribution in [0.25, 0.3) is 0 Å². The van der Waals surface area contributed by atoms with E-state index < -0.39 is 6.10 Å². The van der Waals surface area contributed by atoms with Crippen molar-refractivity contribution in [1.29, 1.82) is 0 Å². The Hall–Kier alpha value is -2.20. The van der Waals surface area contributed by atoms with Crippen molar-refractivity contribution >= 4 is 5.91 Å². The van der Waals surface area contributed by atoms with E-state index in [-0.39, 0.29) is 24.1 Å². The van der Waals surface area contributed by atoms with Crippen molar-refractivity contribution in [2.75, 3.05) is 13.1 Å². The van der Waals surface area contributed by atoms with E-state index in [1.165, 1.54) is 6.07 Å². The second-order valence-electron chi connectivity index (χ2n) is 6.34. The summed E-state index contributed by atoms with van der Waals surface area (Å²) in [6.07, 6.45) is 1.13. The smallest absolute Gasteiger partial charge is 0.227 e. The Kier molecular flexibility index (Phi) is 5.26. The lowest BCUT2D eigenvalue weighted by Crippen LogP contribution is -2.40. The van der Waals surface area contributed by atoms with E-state index in [0.717, 1.165) is 18.4 Å². The van der Waals surface area contributed by atoms with Crippen LogP contribution in [0, 0.1) is 11.7 Å². The molecular weight excluding hydrogens is 305 g/mol. The minimum absolute atomic E-state index is 0.0484. The van der Waals surface area contributed by atoms with Gasteiger partial charge in [0, 0.05) is 13.1 Å². The number of hydrogen-bond donors (Lipinski definition) is 1. The molecule has 0 radical (unpaired) electrons. The fourth-order valence-electron chi connectivity index (χ4n) is 3.30. The molecule has 126 valence electrons. The zero-order chi connectivity index (χ0) is 16.9. The molecule has 1 unspecified atom stereocenters. The third-order valence-corrected chi connectivity index (χ3v) is 4.78. The summed E-state index contributed by atoms with van der Waals surface area (Å²) in [5.74, 6) is -0.224. The quantitative estimate of drug-likeness (QED) is 0.936. The van der Waals surface area contributed by atoms with Gasteiger partial charge in [-0.15, -0.1) is 0 Å². The predicted molar refractivity (Wildman–Crippen MR) is 90.8 cm³/mol. The van der Waals surface area contributed by atoms with E-state index >= 15 is 0 Å². The van der Waals surface area contributed by atoms with E-state index in [2.05, 4.69) is 0 Å². The number of hydrogen-bond acceptors (Lipinski definition) is 2. The molecule has 1 fully saturated rings. The number of aliphatic hydroxyl groups is 1. The number of amides is 1. The molecular formula is C20H22FNO2. The molecule has 2 aromatic carbocycles. The molecule has 1 aliphatic rings. The van der Waals surface area contributed by atoms with Gasteiger partial charge >= 0.3 is 0 Å². The van der Waals surface area contributed by atoms with Crippen molar-refractivity contribution in [2.45, 2.75) is 25.4 Å². The van der Waals surface area contributed by atoms with Crippen molar-refractivity contribution in [3.05, 3.63) is 71.5 Å². The first kappa shape index (κ1) is 16.7. The van der Waals surface area contributed by atoms with Crippen LogP contribution in [0.5, 0.6) is 0 Å². The first-order valence-electron chi connectivity index (χ1n) is 8.39. The van der Waals surface area contributed by atoms with Crippen molar-refractivity contribution in [3.8, 4) is 0 Å². The lowest BCUT2D eigenvalue weighted by Gasteiger charge is -2.34. The number of piperidine rings is 1. The second-order valence-corrected chi connectivity index (χ2v) is 6.34. The maximum absolute atomic E-state index is 13.7. The number of nitrogens with zero attached hydrogens (tertiary/aromatic N) is 1. The highest BCUT2D eigenvalue weighted by Gasteiger charge is 2.28. The lowest BCUT2D eigenvalue weighted by molar-refractivity contribution is -0.132. The summed E-state index contributed by atoms with van der Waals surface area (Å²) in [7, 11) is 0. The van der Waals surface area contributed by atoms with Gasteiger partial charge in [0.15, 0.2) is 0 Å². The number of rotatable bonds is 4. The number of carbonyl (C=O) groups excluding carboxylic acids is 1. The number of likely N-dealkylation sites (tertiary alicyclic amines) is 1. The minimum atomic E-state index is -0.491. The molecule has 4 heteroatoms. The van der Waals surface area contributed by atoms with E-state index in [0.29, 0.717) is 18.7 Å². The summed E-state index contributed by atoms with van der Waals surface area (Å²) in [4.78, 5) is 14.1. The van der Waals surface area contributed by atoms with Gasteiger partial charge in [-0.05, 0) is 36.0 Å². The summed E-state index contributed by atoms with van der Waals surface area (Å²) in [5.41, 5.74) is 1.36. The minimum Gasteiger partial charge on any atom is -0.388 e. The monoisotopic (exact) mass is 327 g/mol. The summed E-state index contributed by atoms with van der Waals surface area (Å²) in [5, 5.41) is 10.5.